The minimum atomic E-state index is -0.574. The summed E-state index contributed by atoms with van der Waals surface area (Å²) in [7, 11) is 1.49. The number of methoxy groups -OCH3 is 1. The Hall–Kier alpha value is -4.49. The number of aromatic nitrogens is 2. The highest BCUT2D eigenvalue weighted by atomic mass is 16.6. The van der Waals surface area contributed by atoms with E-state index in [1.54, 1.807) is 23.1 Å². The van der Waals surface area contributed by atoms with Crippen molar-refractivity contribution in [2.24, 2.45) is 5.73 Å². The molecule has 0 unspecified atom stereocenters. The Morgan fingerprint density at radius 2 is 1.97 bits per heavy atom. The first kappa shape index (κ1) is 22.3. The molecule has 1 atom stereocenters. The van der Waals surface area contributed by atoms with Crippen LogP contribution in [-0.2, 0) is 4.74 Å². The number of nitriles is 1. The maximum atomic E-state index is 12.6. The van der Waals surface area contributed by atoms with Crippen LogP contribution in [0.15, 0.2) is 60.0 Å². The molecule has 0 radical (unpaired) electrons. The number of benzene rings is 2. The lowest BCUT2D eigenvalue weighted by Crippen LogP contribution is -2.42. The van der Waals surface area contributed by atoms with Crippen molar-refractivity contribution in [3.05, 3.63) is 71.1 Å². The van der Waals surface area contributed by atoms with Crippen molar-refractivity contribution in [1.29, 1.82) is 5.26 Å². The molecule has 1 saturated heterocycles. The summed E-state index contributed by atoms with van der Waals surface area (Å²) < 4.78 is 22.1. The summed E-state index contributed by atoms with van der Waals surface area (Å²) in [5.74, 6) is 0.323. The number of hydrogen-bond donors (Lipinski definition) is 2. The largest absolute Gasteiger partial charge is 0.493 e. The van der Waals surface area contributed by atoms with Crippen molar-refractivity contribution in [2.75, 3.05) is 33.4 Å². The van der Waals surface area contributed by atoms with Crippen molar-refractivity contribution in [3.63, 3.8) is 0 Å². The first-order valence-corrected chi connectivity index (χ1v) is 11.0. The number of nitrogens with zero attached hydrogens (tertiary/aromatic N) is 3. The monoisotopic (exact) mass is 473 g/mol. The fourth-order valence-corrected chi connectivity index (χ4v) is 4.26. The Kier molecular flexibility index (Phi) is 5.99. The molecule has 10 heteroatoms. The molecule has 10 nitrogen and oxygen atoms in total. The third kappa shape index (κ3) is 4.13. The van der Waals surface area contributed by atoms with E-state index in [2.05, 4.69) is 16.3 Å². The molecule has 2 aliphatic rings. The number of fused-ring (bicyclic) bond motifs is 1. The van der Waals surface area contributed by atoms with E-state index < -0.39 is 12.0 Å². The van der Waals surface area contributed by atoms with Crippen LogP contribution in [0.5, 0.6) is 17.4 Å². The van der Waals surface area contributed by atoms with Gasteiger partial charge in [-0.3, -0.25) is 5.10 Å². The van der Waals surface area contributed by atoms with Gasteiger partial charge in [-0.05, 0) is 23.3 Å². The molecule has 178 valence electrons. The third-order valence-electron chi connectivity index (χ3n) is 5.99. The number of aromatic amines is 1. The van der Waals surface area contributed by atoms with E-state index in [-0.39, 0.29) is 17.2 Å². The van der Waals surface area contributed by atoms with Gasteiger partial charge in [0.05, 0.1) is 37.5 Å². The summed E-state index contributed by atoms with van der Waals surface area (Å²) in [6, 6.07) is 17.0. The molecule has 3 N–H and O–H groups in total. The van der Waals surface area contributed by atoms with Crippen LogP contribution in [-0.4, -0.2) is 54.6 Å². The number of hydrogen-bond acceptors (Lipinski definition) is 8. The van der Waals surface area contributed by atoms with Crippen molar-refractivity contribution in [1.82, 2.24) is 15.1 Å². The highest BCUT2D eigenvalue weighted by Gasteiger charge is 2.36. The number of carbonyl (C=O) groups is 1. The van der Waals surface area contributed by atoms with E-state index in [1.165, 1.54) is 7.11 Å². The molecule has 0 bridgehead atoms. The lowest BCUT2D eigenvalue weighted by Gasteiger charge is -2.27. The Morgan fingerprint density at radius 1 is 1.20 bits per heavy atom. The molecule has 0 saturated carbocycles. The first-order valence-electron chi connectivity index (χ1n) is 11.0. The minimum Gasteiger partial charge on any atom is -0.493 e. The summed E-state index contributed by atoms with van der Waals surface area (Å²) in [4.78, 5) is 14.2. The van der Waals surface area contributed by atoms with Gasteiger partial charge >= 0.3 is 6.09 Å². The predicted molar refractivity (Wildman–Crippen MR) is 125 cm³/mol. The lowest BCUT2D eigenvalue weighted by molar-refractivity contribution is 0.0413. The van der Waals surface area contributed by atoms with Crippen LogP contribution in [0.25, 0.3) is 11.3 Å². The fourth-order valence-electron chi connectivity index (χ4n) is 4.26. The van der Waals surface area contributed by atoms with Gasteiger partial charge in [0.25, 0.3) is 0 Å². The van der Waals surface area contributed by atoms with Crippen LogP contribution in [0, 0.1) is 11.3 Å². The number of amides is 1. The summed E-state index contributed by atoms with van der Waals surface area (Å²) in [5, 5.41) is 17.3. The molecule has 2 aromatic carbocycles. The van der Waals surface area contributed by atoms with E-state index in [0.29, 0.717) is 54.8 Å². The number of carbonyl (C=O) groups excluding carboxylic acids is 1. The van der Waals surface area contributed by atoms with Gasteiger partial charge in [-0.2, -0.15) is 5.26 Å². The number of H-pyrrole nitrogens is 1. The zero-order valence-electron chi connectivity index (χ0n) is 19.0. The van der Waals surface area contributed by atoms with Crippen LogP contribution in [0.1, 0.15) is 17.0 Å². The molecule has 0 aliphatic carbocycles. The van der Waals surface area contributed by atoms with Gasteiger partial charge in [0.2, 0.25) is 11.8 Å². The molecule has 1 aromatic heterocycles. The van der Waals surface area contributed by atoms with E-state index in [4.69, 9.17) is 24.7 Å². The molecule has 1 amide bonds. The number of nitrogens with one attached hydrogen (secondary N) is 1. The standard InChI is InChI=1S/C25H23N5O5/c1-32-19-13-16(7-8-18(19)34-25(31)30-9-11-33-12-10-30)20-17(14-26)23(27)35-24-21(20)22(28-29-24)15-5-3-2-4-6-15/h2-8,13,20H,9-12,27H2,1H3,(H,28,29)/t20-/m1/s1. The Morgan fingerprint density at radius 3 is 2.69 bits per heavy atom. The lowest BCUT2D eigenvalue weighted by atomic mass is 9.83. The minimum absolute atomic E-state index is 0.0158. The molecule has 0 spiro atoms. The van der Waals surface area contributed by atoms with Gasteiger partial charge in [-0.25, -0.2) is 4.79 Å². The molecule has 5 rings (SSSR count). The maximum absolute atomic E-state index is 12.6. The van der Waals surface area contributed by atoms with Gasteiger partial charge in [-0.15, -0.1) is 5.10 Å². The zero-order chi connectivity index (χ0) is 24.4. The van der Waals surface area contributed by atoms with Crippen LogP contribution in [0.4, 0.5) is 4.79 Å². The van der Waals surface area contributed by atoms with Gasteiger partial charge in [0, 0.05) is 13.1 Å². The number of morpholine rings is 1. The van der Waals surface area contributed by atoms with E-state index in [0.717, 1.165) is 5.56 Å². The number of nitrogens with two attached hydrogens (primary N) is 1. The molecular formula is C25H23N5O5. The highest BCUT2D eigenvalue weighted by molar-refractivity contribution is 5.73. The molecule has 35 heavy (non-hydrogen) atoms. The fraction of sp³-hybridized carbons (Fsp3) is 0.240. The van der Waals surface area contributed by atoms with E-state index in [1.807, 2.05) is 30.3 Å². The van der Waals surface area contributed by atoms with Crippen LogP contribution in [0.3, 0.4) is 0 Å². The summed E-state index contributed by atoms with van der Waals surface area (Å²) in [6.45, 7) is 1.86. The third-order valence-corrected chi connectivity index (χ3v) is 5.99. The molecular weight excluding hydrogens is 450 g/mol. The van der Waals surface area contributed by atoms with Gasteiger partial charge < -0.3 is 29.6 Å². The van der Waals surface area contributed by atoms with Crippen molar-refractivity contribution in [2.45, 2.75) is 5.92 Å². The van der Waals surface area contributed by atoms with Gasteiger partial charge in [0.15, 0.2) is 11.5 Å². The zero-order valence-corrected chi connectivity index (χ0v) is 19.0. The number of allylic oxidation sites excluding steroid dienone is 1. The molecule has 2 aliphatic heterocycles. The molecule has 3 aromatic rings. The summed E-state index contributed by atoms with van der Waals surface area (Å²) >= 11 is 0. The normalized spacial score (nSPS) is 17.3. The van der Waals surface area contributed by atoms with Crippen molar-refractivity contribution < 1.29 is 23.7 Å². The Labute approximate surface area is 201 Å². The van der Waals surface area contributed by atoms with Gasteiger partial charge in [0.1, 0.15) is 11.6 Å². The molecule has 1 fully saturated rings. The first-order chi connectivity index (χ1) is 17.1. The summed E-state index contributed by atoms with van der Waals surface area (Å²) in [5.41, 5.74) is 9.33. The van der Waals surface area contributed by atoms with Crippen molar-refractivity contribution in [3.8, 4) is 34.7 Å². The quantitative estimate of drug-likeness (QED) is 0.590. The Bertz CT molecular complexity index is 1320. The average molecular weight is 473 g/mol. The summed E-state index contributed by atoms with van der Waals surface area (Å²) in [6.07, 6.45) is -0.476. The van der Waals surface area contributed by atoms with Crippen LogP contribution < -0.4 is 19.9 Å². The molecule has 3 heterocycles. The Balaban J connectivity index is 1.54. The van der Waals surface area contributed by atoms with E-state index >= 15 is 0 Å². The van der Waals surface area contributed by atoms with Crippen LogP contribution >= 0.6 is 0 Å². The van der Waals surface area contributed by atoms with Crippen molar-refractivity contribution >= 4 is 6.09 Å². The average Bonchev–Trinajstić information content (AvgIpc) is 3.32. The van der Waals surface area contributed by atoms with E-state index in [9.17, 15) is 10.1 Å². The van der Waals surface area contributed by atoms with Gasteiger partial charge in [-0.1, -0.05) is 36.4 Å². The smallest absolute Gasteiger partial charge is 0.415 e. The number of rotatable bonds is 4. The number of ether oxygens (including phenoxy) is 4. The topological polar surface area (TPSA) is 136 Å². The highest BCUT2D eigenvalue weighted by Crippen LogP contribution is 2.47. The van der Waals surface area contributed by atoms with Crippen LogP contribution in [0.2, 0.25) is 0 Å². The second kappa shape index (κ2) is 9.40. The maximum Gasteiger partial charge on any atom is 0.415 e. The second-order valence-electron chi connectivity index (χ2n) is 7.99. The predicted octanol–water partition coefficient (Wildman–Crippen LogP) is 3.13. The SMILES string of the molecule is COc1cc([C@@H]2C(C#N)=C(N)Oc3n[nH]c(-c4ccccc4)c32)ccc1OC(=O)N1CCOCC1. The second-order valence-corrected chi connectivity index (χ2v) is 7.99.